The Labute approximate surface area is 192 Å². The topological polar surface area (TPSA) is 91.4 Å². The second-order valence-corrected chi connectivity index (χ2v) is 10.6. The van der Waals surface area contributed by atoms with Crippen molar-refractivity contribution in [1.29, 1.82) is 0 Å². The van der Waals surface area contributed by atoms with E-state index in [0.717, 1.165) is 31.2 Å². The summed E-state index contributed by atoms with van der Waals surface area (Å²) in [5.41, 5.74) is 1.78. The number of nitrogens with zero attached hydrogens (tertiary/aromatic N) is 2. The first kappa shape index (κ1) is 22.4. The predicted molar refractivity (Wildman–Crippen MR) is 127 cm³/mol. The molecular formula is C23H26N4O3S2. The van der Waals surface area contributed by atoms with Gasteiger partial charge < -0.3 is 0 Å². The Morgan fingerprint density at radius 3 is 2.47 bits per heavy atom. The number of nitrogens with one attached hydrogen (secondary N) is 2. The van der Waals surface area contributed by atoms with E-state index in [0.29, 0.717) is 16.4 Å². The number of carbonyl (C=O) groups is 1. The molecule has 0 radical (unpaired) electrons. The van der Waals surface area contributed by atoms with E-state index < -0.39 is 10.0 Å². The van der Waals surface area contributed by atoms with Crippen molar-refractivity contribution < 1.29 is 13.2 Å². The molecule has 9 heteroatoms. The van der Waals surface area contributed by atoms with Crippen molar-refractivity contribution in [3.63, 3.8) is 0 Å². The third-order valence-corrected chi connectivity index (χ3v) is 7.69. The van der Waals surface area contributed by atoms with Gasteiger partial charge in [0.2, 0.25) is 0 Å². The number of hydrogen-bond acceptors (Lipinski definition) is 6. The Balaban J connectivity index is 1.34. The molecule has 1 aliphatic heterocycles. The molecule has 168 valence electrons. The van der Waals surface area contributed by atoms with E-state index in [1.165, 1.54) is 36.3 Å². The summed E-state index contributed by atoms with van der Waals surface area (Å²) in [6.07, 6.45) is 2.43. The van der Waals surface area contributed by atoms with Crippen LogP contribution in [-0.4, -0.2) is 37.3 Å². The Hall–Kier alpha value is -2.75. The summed E-state index contributed by atoms with van der Waals surface area (Å²) in [4.78, 5) is 19.7. The highest BCUT2D eigenvalue weighted by molar-refractivity contribution is 7.92. The van der Waals surface area contributed by atoms with E-state index in [4.69, 9.17) is 0 Å². The molecule has 32 heavy (non-hydrogen) atoms. The fourth-order valence-electron chi connectivity index (χ4n) is 3.56. The number of rotatable bonds is 7. The Morgan fingerprint density at radius 2 is 1.78 bits per heavy atom. The number of carbonyl (C=O) groups excluding carboxylic acids is 1. The second kappa shape index (κ2) is 9.81. The average molecular weight is 471 g/mol. The molecule has 1 saturated heterocycles. The molecule has 1 amide bonds. The van der Waals surface area contributed by atoms with Crippen LogP contribution in [0.5, 0.6) is 0 Å². The van der Waals surface area contributed by atoms with E-state index in [9.17, 15) is 13.2 Å². The molecule has 1 fully saturated rings. The average Bonchev–Trinajstić information content (AvgIpc) is 3.23. The summed E-state index contributed by atoms with van der Waals surface area (Å²) in [6, 6.07) is 14.4. The molecule has 1 aliphatic rings. The van der Waals surface area contributed by atoms with Crippen molar-refractivity contribution in [1.82, 2.24) is 9.88 Å². The highest BCUT2D eigenvalue weighted by Crippen LogP contribution is 2.22. The van der Waals surface area contributed by atoms with Gasteiger partial charge in [-0.1, -0.05) is 25.1 Å². The summed E-state index contributed by atoms with van der Waals surface area (Å²) >= 11 is 1.41. The molecule has 0 unspecified atom stereocenters. The second-order valence-electron chi connectivity index (χ2n) is 8.05. The van der Waals surface area contributed by atoms with Crippen LogP contribution in [0, 0.1) is 5.92 Å². The lowest BCUT2D eigenvalue weighted by Gasteiger charge is -2.29. The smallest absolute Gasteiger partial charge is 0.261 e. The Kier molecular flexibility index (Phi) is 6.88. The summed E-state index contributed by atoms with van der Waals surface area (Å²) in [5, 5.41) is 5.37. The number of anilines is 2. The van der Waals surface area contributed by atoms with E-state index in [2.05, 4.69) is 26.8 Å². The molecule has 0 bridgehead atoms. The van der Waals surface area contributed by atoms with Crippen molar-refractivity contribution in [3.05, 3.63) is 71.2 Å². The summed E-state index contributed by atoms with van der Waals surface area (Å²) < 4.78 is 27.4. The van der Waals surface area contributed by atoms with E-state index in [1.54, 1.807) is 42.5 Å². The highest BCUT2D eigenvalue weighted by atomic mass is 32.2. The maximum atomic E-state index is 12.6. The van der Waals surface area contributed by atoms with Crippen molar-refractivity contribution >= 4 is 38.1 Å². The van der Waals surface area contributed by atoms with Gasteiger partial charge in [0.05, 0.1) is 10.6 Å². The van der Waals surface area contributed by atoms with E-state index >= 15 is 0 Å². The van der Waals surface area contributed by atoms with Crippen molar-refractivity contribution in [3.8, 4) is 0 Å². The molecule has 2 N–H and O–H groups in total. The lowest BCUT2D eigenvalue weighted by atomic mass is 9.99. The molecule has 0 atom stereocenters. The largest absolute Gasteiger partial charge is 0.298 e. The molecule has 0 saturated carbocycles. The minimum absolute atomic E-state index is 0.181. The number of piperidine rings is 1. The van der Waals surface area contributed by atoms with Gasteiger partial charge in [0, 0.05) is 23.2 Å². The van der Waals surface area contributed by atoms with E-state index in [1.807, 2.05) is 5.38 Å². The van der Waals surface area contributed by atoms with Gasteiger partial charge in [-0.2, -0.15) is 0 Å². The van der Waals surface area contributed by atoms with Crippen LogP contribution in [0.2, 0.25) is 0 Å². The van der Waals surface area contributed by atoms with Gasteiger partial charge in [-0.3, -0.25) is 19.7 Å². The summed E-state index contributed by atoms with van der Waals surface area (Å²) in [7, 11) is -3.67. The molecule has 2 aromatic carbocycles. The number of hydrogen-bond donors (Lipinski definition) is 2. The molecule has 0 spiro atoms. The van der Waals surface area contributed by atoms with Gasteiger partial charge in [0.1, 0.15) is 0 Å². The van der Waals surface area contributed by atoms with Gasteiger partial charge in [0.15, 0.2) is 5.13 Å². The number of amides is 1. The van der Waals surface area contributed by atoms with Crippen LogP contribution in [0.4, 0.5) is 10.8 Å². The predicted octanol–water partition coefficient (Wildman–Crippen LogP) is 4.43. The third-order valence-electron chi connectivity index (χ3n) is 5.49. The quantitative estimate of drug-likeness (QED) is 0.533. The molecule has 1 aromatic heterocycles. The summed E-state index contributed by atoms with van der Waals surface area (Å²) in [6.45, 7) is 5.26. The normalized spacial score (nSPS) is 15.4. The van der Waals surface area contributed by atoms with Gasteiger partial charge in [-0.15, -0.1) is 11.3 Å². The number of aromatic nitrogens is 1. The lowest BCUT2D eigenvalue weighted by molar-refractivity contribution is 0.102. The van der Waals surface area contributed by atoms with Gasteiger partial charge in [-0.25, -0.2) is 13.4 Å². The van der Waals surface area contributed by atoms with Gasteiger partial charge in [0.25, 0.3) is 15.9 Å². The fraction of sp³-hybridized carbons (Fsp3) is 0.304. The minimum atomic E-state index is -3.67. The van der Waals surface area contributed by atoms with Crippen LogP contribution >= 0.6 is 11.3 Å². The molecular weight excluding hydrogens is 444 g/mol. The highest BCUT2D eigenvalue weighted by Gasteiger charge is 2.18. The van der Waals surface area contributed by atoms with Crippen molar-refractivity contribution in [2.75, 3.05) is 23.1 Å². The summed E-state index contributed by atoms with van der Waals surface area (Å²) in [5.74, 6) is 0.506. The standard InChI is InChI=1S/C23H26N4O3S2/c1-17-11-13-27(14-12-17)15-20-16-31-23(24-20)25-22(28)18-7-9-19(10-8-18)26-32(29,30)21-5-3-2-4-6-21/h2-10,16-17,26H,11-15H2,1H3,(H,24,25,28). The minimum Gasteiger partial charge on any atom is -0.298 e. The molecule has 7 nitrogen and oxygen atoms in total. The Bertz CT molecular complexity index is 1150. The maximum Gasteiger partial charge on any atom is 0.261 e. The monoisotopic (exact) mass is 470 g/mol. The maximum absolute atomic E-state index is 12.6. The number of likely N-dealkylation sites (tertiary alicyclic amines) is 1. The van der Waals surface area contributed by atoms with E-state index in [-0.39, 0.29) is 10.8 Å². The number of thiazole rings is 1. The first-order valence-corrected chi connectivity index (χ1v) is 12.9. The van der Waals surface area contributed by atoms with Gasteiger partial charge >= 0.3 is 0 Å². The first-order valence-electron chi connectivity index (χ1n) is 10.5. The first-order chi connectivity index (χ1) is 15.4. The molecule has 3 aromatic rings. The zero-order chi connectivity index (χ0) is 22.6. The van der Waals surface area contributed by atoms with Crippen LogP contribution in [0.1, 0.15) is 35.8 Å². The SMILES string of the molecule is CC1CCN(Cc2csc(NC(=O)c3ccc(NS(=O)(=O)c4ccccc4)cc3)n2)CC1. The van der Waals surface area contributed by atoms with Crippen LogP contribution < -0.4 is 10.0 Å². The molecule has 0 aliphatic carbocycles. The number of sulfonamides is 1. The number of benzene rings is 2. The fourth-order valence-corrected chi connectivity index (χ4v) is 5.34. The zero-order valence-electron chi connectivity index (χ0n) is 17.8. The van der Waals surface area contributed by atoms with Crippen LogP contribution in [0.3, 0.4) is 0 Å². The van der Waals surface area contributed by atoms with Gasteiger partial charge in [-0.05, 0) is 68.2 Å². The van der Waals surface area contributed by atoms with Crippen molar-refractivity contribution in [2.45, 2.75) is 31.2 Å². The molecule has 4 rings (SSSR count). The van der Waals surface area contributed by atoms with Crippen LogP contribution in [-0.2, 0) is 16.6 Å². The van der Waals surface area contributed by atoms with Crippen LogP contribution in [0.25, 0.3) is 0 Å². The Morgan fingerprint density at radius 1 is 1.09 bits per heavy atom. The zero-order valence-corrected chi connectivity index (χ0v) is 19.5. The molecule has 2 heterocycles. The lowest BCUT2D eigenvalue weighted by Crippen LogP contribution is -2.32. The van der Waals surface area contributed by atoms with Crippen LogP contribution in [0.15, 0.2) is 64.9 Å². The third kappa shape index (κ3) is 5.73. The van der Waals surface area contributed by atoms with Crippen molar-refractivity contribution in [2.24, 2.45) is 5.92 Å².